The highest BCUT2D eigenvalue weighted by Crippen LogP contribution is 2.27. The molecule has 1 atom stereocenters. The average Bonchev–Trinajstić information content (AvgIpc) is 2.89. The number of hydrogen-bond acceptors (Lipinski definition) is 1. The first kappa shape index (κ1) is 12.2. The predicted molar refractivity (Wildman–Crippen MR) is 72.7 cm³/mol. The van der Waals surface area contributed by atoms with E-state index in [9.17, 15) is 0 Å². The molecule has 1 fully saturated rings. The Balaban J connectivity index is 1.74. The maximum Gasteiger partial charge on any atom is 0.0582 e. The second kappa shape index (κ2) is 6.47. The van der Waals surface area contributed by atoms with Gasteiger partial charge in [0.2, 0.25) is 0 Å². The van der Waals surface area contributed by atoms with Crippen LogP contribution in [0.25, 0.3) is 0 Å². The van der Waals surface area contributed by atoms with E-state index in [-0.39, 0.29) is 0 Å². The highest BCUT2D eigenvalue weighted by atomic mass is 14.9. The first-order valence-electron chi connectivity index (χ1n) is 6.63. The van der Waals surface area contributed by atoms with Gasteiger partial charge in [-0.05, 0) is 37.8 Å². The van der Waals surface area contributed by atoms with Crippen LogP contribution in [0.5, 0.6) is 0 Å². The topological polar surface area (TPSA) is 12.0 Å². The van der Waals surface area contributed by atoms with Gasteiger partial charge in [0.15, 0.2) is 0 Å². The Bertz CT molecular complexity index is 379. The summed E-state index contributed by atoms with van der Waals surface area (Å²) in [5.74, 6) is 7.24. The molecule has 1 aromatic carbocycles. The maximum atomic E-state index is 3.52. The monoisotopic (exact) mass is 227 g/mol. The molecule has 0 spiro atoms. The van der Waals surface area contributed by atoms with Gasteiger partial charge in [-0.1, -0.05) is 42.9 Å². The van der Waals surface area contributed by atoms with Gasteiger partial charge in [-0.25, -0.2) is 0 Å². The molecule has 0 amide bonds. The molecule has 1 N–H and O–H groups in total. The fourth-order valence-corrected chi connectivity index (χ4v) is 2.50. The van der Waals surface area contributed by atoms with Gasteiger partial charge in [-0.15, -0.1) is 0 Å². The highest BCUT2D eigenvalue weighted by molar-refractivity contribution is 5.33. The van der Waals surface area contributed by atoms with E-state index < -0.39 is 0 Å². The fraction of sp³-hybridized carbons (Fsp3) is 0.500. The molecule has 1 heteroatoms. The molecule has 17 heavy (non-hydrogen) atoms. The van der Waals surface area contributed by atoms with Crippen LogP contribution in [0.4, 0.5) is 0 Å². The van der Waals surface area contributed by atoms with Crippen molar-refractivity contribution in [1.82, 2.24) is 5.32 Å². The summed E-state index contributed by atoms with van der Waals surface area (Å²) in [7, 11) is 0. The van der Waals surface area contributed by atoms with Gasteiger partial charge in [0.25, 0.3) is 0 Å². The number of hydrogen-bond donors (Lipinski definition) is 1. The Morgan fingerprint density at radius 1 is 1.24 bits per heavy atom. The van der Waals surface area contributed by atoms with Crippen LogP contribution < -0.4 is 5.32 Å². The van der Waals surface area contributed by atoms with Gasteiger partial charge in [0.1, 0.15) is 0 Å². The summed E-state index contributed by atoms with van der Waals surface area (Å²) in [6.07, 6.45) is 5.60. The minimum absolute atomic E-state index is 0.613. The Morgan fingerprint density at radius 3 is 2.65 bits per heavy atom. The SMILES string of the molecule is CC(NCC#Cc1ccccc1)C1CCCC1. The van der Waals surface area contributed by atoms with Crippen molar-refractivity contribution in [2.45, 2.75) is 38.6 Å². The summed E-state index contributed by atoms with van der Waals surface area (Å²) in [5, 5.41) is 3.52. The van der Waals surface area contributed by atoms with Crippen LogP contribution in [0.3, 0.4) is 0 Å². The van der Waals surface area contributed by atoms with E-state index in [2.05, 4.69) is 24.1 Å². The molecule has 1 aliphatic rings. The second-order valence-electron chi connectivity index (χ2n) is 4.88. The van der Waals surface area contributed by atoms with Crippen molar-refractivity contribution < 1.29 is 0 Å². The maximum absolute atomic E-state index is 3.52. The van der Waals surface area contributed by atoms with Crippen molar-refractivity contribution >= 4 is 0 Å². The van der Waals surface area contributed by atoms with E-state index in [0.29, 0.717) is 6.04 Å². The predicted octanol–water partition coefficient (Wildman–Crippen LogP) is 3.21. The largest absolute Gasteiger partial charge is 0.303 e. The van der Waals surface area contributed by atoms with Crippen LogP contribution in [0.1, 0.15) is 38.2 Å². The lowest BCUT2D eigenvalue weighted by Gasteiger charge is -2.18. The molecule has 0 aliphatic heterocycles. The summed E-state index contributed by atoms with van der Waals surface area (Å²) in [4.78, 5) is 0. The molecule has 90 valence electrons. The molecule has 0 aromatic heterocycles. The molecule has 0 heterocycles. The van der Waals surface area contributed by atoms with E-state index in [1.165, 1.54) is 25.7 Å². The van der Waals surface area contributed by atoms with Crippen molar-refractivity contribution in [2.24, 2.45) is 5.92 Å². The summed E-state index contributed by atoms with van der Waals surface area (Å²) in [6.45, 7) is 3.09. The molecule has 0 bridgehead atoms. The molecule has 1 aromatic rings. The fourth-order valence-electron chi connectivity index (χ4n) is 2.50. The molecule has 1 aliphatic carbocycles. The van der Waals surface area contributed by atoms with Gasteiger partial charge in [-0.2, -0.15) is 0 Å². The molecule has 1 nitrogen and oxygen atoms in total. The Kier molecular flexibility index (Phi) is 4.64. The van der Waals surface area contributed by atoms with Gasteiger partial charge >= 0.3 is 0 Å². The van der Waals surface area contributed by atoms with E-state index in [1.807, 2.05) is 30.3 Å². The third kappa shape index (κ3) is 3.91. The van der Waals surface area contributed by atoms with Crippen LogP contribution in [0, 0.1) is 17.8 Å². The lowest BCUT2D eigenvalue weighted by molar-refractivity contribution is 0.396. The van der Waals surface area contributed by atoms with Gasteiger partial charge in [0, 0.05) is 11.6 Å². The van der Waals surface area contributed by atoms with Gasteiger partial charge in [-0.3, -0.25) is 0 Å². The zero-order valence-corrected chi connectivity index (χ0v) is 10.6. The molecular weight excluding hydrogens is 206 g/mol. The second-order valence-corrected chi connectivity index (χ2v) is 4.88. The number of nitrogens with one attached hydrogen (secondary N) is 1. The zero-order chi connectivity index (χ0) is 11.9. The van der Waals surface area contributed by atoms with Gasteiger partial charge < -0.3 is 5.32 Å². The summed E-state index contributed by atoms with van der Waals surface area (Å²) >= 11 is 0. The summed E-state index contributed by atoms with van der Waals surface area (Å²) in [5.41, 5.74) is 1.10. The Hall–Kier alpha value is -1.26. The van der Waals surface area contributed by atoms with Crippen molar-refractivity contribution in [2.75, 3.05) is 6.54 Å². The van der Waals surface area contributed by atoms with E-state index in [0.717, 1.165) is 18.0 Å². The van der Waals surface area contributed by atoms with Crippen LogP contribution >= 0.6 is 0 Å². The quantitative estimate of drug-likeness (QED) is 0.782. The smallest absolute Gasteiger partial charge is 0.0582 e. The normalized spacial score (nSPS) is 17.5. The summed E-state index contributed by atoms with van der Waals surface area (Å²) < 4.78 is 0. The average molecular weight is 227 g/mol. The standard InChI is InChI=1S/C16H21N/c1-14(16-11-5-6-12-16)17-13-7-10-15-8-3-2-4-9-15/h2-4,8-9,14,16-17H,5-6,11-13H2,1H3. The van der Waals surface area contributed by atoms with Crippen LogP contribution in [0.2, 0.25) is 0 Å². The third-order valence-electron chi connectivity index (χ3n) is 3.63. The summed E-state index contributed by atoms with van der Waals surface area (Å²) in [6, 6.07) is 10.8. The third-order valence-corrected chi connectivity index (χ3v) is 3.63. The van der Waals surface area contributed by atoms with Crippen molar-refractivity contribution in [1.29, 1.82) is 0 Å². The Labute approximate surface area is 105 Å². The molecule has 1 saturated carbocycles. The first-order valence-corrected chi connectivity index (χ1v) is 6.63. The number of rotatable bonds is 3. The van der Waals surface area contributed by atoms with Crippen molar-refractivity contribution in [3.63, 3.8) is 0 Å². The number of benzene rings is 1. The first-order chi connectivity index (χ1) is 8.36. The van der Waals surface area contributed by atoms with Gasteiger partial charge in [0.05, 0.1) is 6.54 Å². The van der Waals surface area contributed by atoms with Crippen molar-refractivity contribution in [3.8, 4) is 11.8 Å². The minimum Gasteiger partial charge on any atom is -0.303 e. The highest BCUT2D eigenvalue weighted by Gasteiger charge is 2.20. The molecule has 0 radical (unpaired) electrons. The molecular formula is C16H21N. The van der Waals surface area contributed by atoms with Crippen LogP contribution in [-0.2, 0) is 0 Å². The van der Waals surface area contributed by atoms with Crippen LogP contribution in [0.15, 0.2) is 30.3 Å². The minimum atomic E-state index is 0.613. The molecule has 2 rings (SSSR count). The lowest BCUT2D eigenvalue weighted by atomic mass is 10.00. The van der Waals surface area contributed by atoms with E-state index in [4.69, 9.17) is 0 Å². The molecule has 0 saturated heterocycles. The van der Waals surface area contributed by atoms with E-state index >= 15 is 0 Å². The zero-order valence-electron chi connectivity index (χ0n) is 10.6. The van der Waals surface area contributed by atoms with Crippen LogP contribution in [-0.4, -0.2) is 12.6 Å². The van der Waals surface area contributed by atoms with Crippen molar-refractivity contribution in [3.05, 3.63) is 35.9 Å². The van der Waals surface area contributed by atoms with E-state index in [1.54, 1.807) is 0 Å². The Morgan fingerprint density at radius 2 is 1.94 bits per heavy atom. The lowest BCUT2D eigenvalue weighted by Crippen LogP contribution is -2.32. The molecule has 1 unspecified atom stereocenters.